The maximum atomic E-state index is 10.3. The van der Waals surface area contributed by atoms with Crippen molar-refractivity contribution in [3.63, 3.8) is 0 Å². The molecule has 6 aromatic rings. The second kappa shape index (κ2) is 16.4. The van der Waals surface area contributed by atoms with Crippen molar-refractivity contribution in [3.8, 4) is 23.0 Å². The molecule has 2 aliphatic rings. The van der Waals surface area contributed by atoms with Crippen LogP contribution in [0.15, 0.2) is 84.9 Å². The van der Waals surface area contributed by atoms with Gasteiger partial charge in [-0.3, -0.25) is 0 Å². The molecule has 6 aromatic carbocycles. The van der Waals surface area contributed by atoms with E-state index in [0.29, 0.717) is 17.9 Å². The smallest absolute Gasteiger partial charge is 0.418 e. The Balaban J connectivity index is 0.000000188. The Bertz CT molecular complexity index is 2070. The fraction of sp³-hybridized carbons (Fsp3) is 0.200. The van der Waals surface area contributed by atoms with Crippen LogP contribution in [0.2, 0.25) is 0 Å². The van der Waals surface area contributed by atoms with Crippen molar-refractivity contribution in [2.45, 2.75) is 54.4 Å². The van der Waals surface area contributed by atoms with Gasteiger partial charge in [-0.2, -0.15) is 0 Å². The average Bonchev–Trinajstić information content (AvgIpc) is 3.05. The van der Waals surface area contributed by atoms with E-state index in [2.05, 4.69) is 64.1 Å². The normalized spacial score (nSPS) is 13.6. The van der Waals surface area contributed by atoms with Crippen LogP contribution in [0.1, 0.15) is 55.6 Å². The first-order valence-electron chi connectivity index (χ1n) is 16.0. The summed E-state index contributed by atoms with van der Waals surface area (Å²) in [6, 6.07) is 28.6. The van der Waals surface area contributed by atoms with Crippen LogP contribution in [0.4, 0.5) is 0 Å². The largest absolute Gasteiger partial charge is 0.460 e. The molecule has 2 N–H and O–H groups in total. The van der Waals surface area contributed by atoms with Gasteiger partial charge in [-0.05, 0) is 109 Å². The molecule has 50 heavy (non-hydrogen) atoms. The van der Waals surface area contributed by atoms with Gasteiger partial charge >= 0.3 is 17.2 Å². The predicted molar refractivity (Wildman–Crippen MR) is 196 cm³/mol. The molecular formula is C40H38O6P2Y2. The first-order chi connectivity index (χ1) is 23.1. The molecule has 0 aliphatic carbocycles. The van der Waals surface area contributed by atoms with E-state index >= 15 is 0 Å². The minimum Gasteiger partial charge on any atom is -0.418 e. The van der Waals surface area contributed by atoms with E-state index in [1.165, 1.54) is 22.3 Å². The summed E-state index contributed by atoms with van der Waals surface area (Å²) < 4.78 is 23.0. The third-order valence-corrected chi connectivity index (χ3v) is 11.0. The van der Waals surface area contributed by atoms with Gasteiger partial charge in [0.25, 0.3) is 0 Å². The fourth-order valence-corrected chi connectivity index (χ4v) is 8.43. The molecule has 10 heteroatoms. The molecule has 2 aliphatic heterocycles. The monoisotopic (exact) mass is 854 g/mol. The first kappa shape index (κ1) is 39.2. The zero-order valence-electron chi connectivity index (χ0n) is 29.1. The summed E-state index contributed by atoms with van der Waals surface area (Å²) in [6.07, 6.45) is 1.45. The van der Waals surface area contributed by atoms with E-state index in [1.807, 2.05) is 62.4 Å². The van der Waals surface area contributed by atoms with Gasteiger partial charge in [-0.15, -0.1) is 0 Å². The van der Waals surface area contributed by atoms with Crippen LogP contribution in [-0.4, -0.2) is 9.79 Å². The van der Waals surface area contributed by atoms with Gasteiger partial charge in [-0.25, -0.2) is 0 Å². The molecule has 0 unspecified atom stereocenters. The van der Waals surface area contributed by atoms with Crippen LogP contribution in [0, 0.1) is 41.5 Å². The Morgan fingerprint density at radius 1 is 0.460 bits per heavy atom. The predicted octanol–water partition coefficient (Wildman–Crippen LogP) is 10.7. The number of rotatable bonds is 0. The molecule has 2 radical (unpaired) electrons. The second-order valence-corrected chi connectivity index (χ2v) is 14.3. The minimum atomic E-state index is -2.02. The Labute approximate surface area is 346 Å². The molecule has 250 valence electrons. The average molecular weight is 854 g/mol. The summed E-state index contributed by atoms with van der Waals surface area (Å²) >= 11 is 0. The van der Waals surface area contributed by atoms with Crippen molar-refractivity contribution in [1.82, 2.24) is 0 Å². The van der Waals surface area contributed by atoms with Crippen LogP contribution in [0.25, 0.3) is 21.5 Å². The molecule has 0 amide bonds. The zero-order chi connectivity index (χ0) is 33.7. The van der Waals surface area contributed by atoms with Crippen molar-refractivity contribution in [2.75, 3.05) is 0 Å². The molecule has 0 spiro atoms. The quantitative estimate of drug-likeness (QED) is 0.148. The Hall–Kier alpha value is -1.97. The Kier molecular flexibility index (Phi) is 12.8. The summed E-state index contributed by atoms with van der Waals surface area (Å²) in [6.45, 7) is 12.5. The van der Waals surface area contributed by atoms with Gasteiger partial charge in [0, 0.05) is 101 Å². The SMILES string of the molecule is Cc1cc(C)c2c(c1C)Cc1c(C)c(C)cc(C)c1OP(O)O2.OP1Oc2ccc3ccccc3c2Cc2c(ccc3ccccc23)O1.[Y].[Y]. The summed E-state index contributed by atoms with van der Waals surface area (Å²) in [7, 11) is -4.00. The number of hydrogen-bond donors (Lipinski definition) is 2. The molecular weight excluding hydrogens is 816 g/mol. The van der Waals surface area contributed by atoms with Gasteiger partial charge in [0.15, 0.2) is 0 Å². The van der Waals surface area contributed by atoms with Crippen molar-refractivity contribution >= 4 is 38.7 Å². The maximum Gasteiger partial charge on any atom is 0.460 e. The van der Waals surface area contributed by atoms with Crippen molar-refractivity contribution in [2.24, 2.45) is 0 Å². The van der Waals surface area contributed by atoms with E-state index in [9.17, 15) is 9.79 Å². The van der Waals surface area contributed by atoms with Crippen molar-refractivity contribution in [1.29, 1.82) is 0 Å². The first-order valence-corrected chi connectivity index (χ1v) is 18.3. The zero-order valence-corrected chi connectivity index (χ0v) is 36.5. The van der Waals surface area contributed by atoms with E-state index in [-0.39, 0.29) is 65.4 Å². The summed E-state index contributed by atoms with van der Waals surface area (Å²) in [5, 5.41) is 4.61. The third kappa shape index (κ3) is 7.71. The molecule has 0 saturated carbocycles. The molecule has 0 aromatic heterocycles. The second-order valence-electron chi connectivity index (χ2n) is 12.6. The van der Waals surface area contributed by atoms with E-state index in [0.717, 1.165) is 72.8 Å². The van der Waals surface area contributed by atoms with Gasteiger partial charge in [0.05, 0.1) is 0 Å². The Morgan fingerprint density at radius 3 is 1.28 bits per heavy atom. The van der Waals surface area contributed by atoms with Crippen LogP contribution >= 0.6 is 17.2 Å². The van der Waals surface area contributed by atoms with Gasteiger partial charge < -0.3 is 27.9 Å². The maximum absolute atomic E-state index is 10.3. The van der Waals surface area contributed by atoms with E-state index in [1.54, 1.807) is 0 Å². The van der Waals surface area contributed by atoms with Crippen LogP contribution < -0.4 is 18.1 Å². The number of benzene rings is 6. The Morgan fingerprint density at radius 2 is 0.840 bits per heavy atom. The summed E-state index contributed by atoms with van der Waals surface area (Å²) in [5.74, 6) is 2.91. The standard InChI is InChI=1S/C21H15O3P.C19H23O3P.2Y/c22-25-23-20-11-9-14-5-1-3-7-16(14)18(20)13-19-17-8-4-2-6-15(17)10-12-21(19)24-25;1-10-7-12(3)18-16(14(10)5)9-17-15(6)11(2)8-13(4)19(17)22-23(20)21-18;;/h1-12,22H,13H2;7-8,20H,9H2,1-6H3;;. The number of fused-ring (bicyclic) bond motifs is 8. The van der Waals surface area contributed by atoms with E-state index in [4.69, 9.17) is 18.1 Å². The molecule has 8 rings (SSSR count). The molecule has 0 bridgehead atoms. The van der Waals surface area contributed by atoms with Crippen molar-refractivity contribution < 1.29 is 93.3 Å². The topological polar surface area (TPSA) is 77.4 Å². The molecule has 2 heterocycles. The van der Waals surface area contributed by atoms with E-state index < -0.39 is 17.2 Å². The fourth-order valence-electron chi connectivity index (χ4n) is 6.85. The van der Waals surface area contributed by atoms with Gasteiger partial charge in [0.1, 0.15) is 23.0 Å². The molecule has 6 nitrogen and oxygen atoms in total. The minimum absolute atomic E-state index is 0. The van der Waals surface area contributed by atoms with Crippen LogP contribution in [-0.2, 0) is 78.3 Å². The summed E-state index contributed by atoms with van der Waals surface area (Å²) in [5.41, 5.74) is 11.5. The molecule has 0 fully saturated rings. The van der Waals surface area contributed by atoms with Crippen LogP contribution in [0.3, 0.4) is 0 Å². The summed E-state index contributed by atoms with van der Waals surface area (Å²) in [4.78, 5) is 20.6. The van der Waals surface area contributed by atoms with Crippen LogP contribution in [0.5, 0.6) is 23.0 Å². The molecule has 0 atom stereocenters. The number of aryl methyl sites for hydroxylation is 4. The van der Waals surface area contributed by atoms with Gasteiger partial charge in [0.2, 0.25) is 0 Å². The van der Waals surface area contributed by atoms with Gasteiger partial charge in [-0.1, -0.05) is 72.8 Å². The number of hydrogen-bond acceptors (Lipinski definition) is 6. The molecule has 0 saturated heterocycles. The third-order valence-electron chi connectivity index (χ3n) is 9.61. The van der Waals surface area contributed by atoms with Crippen molar-refractivity contribution in [3.05, 3.63) is 141 Å².